The lowest BCUT2D eigenvalue weighted by molar-refractivity contribution is -0.150. The first-order valence-electron chi connectivity index (χ1n) is 26.8. The molecule has 6 rings (SSSR count). The molecular formula is C58H70BCl3F2N10O15. The van der Waals surface area contributed by atoms with Gasteiger partial charge in [0.1, 0.15) is 58.4 Å². The Labute approximate surface area is 526 Å². The maximum absolute atomic E-state index is 14.3. The lowest BCUT2D eigenvalue weighted by atomic mass is 9.85. The number of nitrogens with one attached hydrogen (secondary N) is 4. The van der Waals surface area contributed by atoms with E-state index >= 15 is 0 Å². The maximum Gasteiger partial charge on any atom is 0.374 e. The van der Waals surface area contributed by atoms with Crippen LogP contribution in [0.15, 0.2) is 109 Å². The number of carboxylic acid groups (broad SMARTS) is 1. The molecule has 0 aliphatic heterocycles. The van der Waals surface area contributed by atoms with Crippen LogP contribution in [0.3, 0.4) is 0 Å². The van der Waals surface area contributed by atoms with Crippen molar-refractivity contribution in [2.45, 2.75) is 92.5 Å². The van der Waals surface area contributed by atoms with Crippen LogP contribution in [0.25, 0.3) is 22.3 Å². The molecule has 0 saturated carbocycles. The van der Waals surface area contributed by atoms with Crippen molar-refractivity contribution in [1.29, 1.82) is 0 Å². The summed E-state index contributed by atoms with van der Waals surface area (Å²) in [4.78, 5) is 83.8. The number of carboxylic acids is 1. The highest BCUT2D eigenvalue weighted by Gasteiger charge is 2.28. The van der Waals surface area contributed by atoms with E-state index in [0.717, 1.165) is 4.68 Å². The monoisotopic (exact) mass is 1300 g/mol. The number of esters is 2. The maximum atomic E-state index is 14.3. The van der Waals surface area contributed by atoms with Gasteiger partial charge in [0, 0.05) is 54.2 Å². The lowest BCUT2D eigenvalue weighted by Gasteiger charge is -2.25. The molecular weight excluding hydrogens is 1230 g/mol. The Morgan fingerprint density at radius 3 is 1.62 bits per heavy atom. The number of halogens is 5. The predicted molar refractivity (Wildman–Crippen MR) is 327 cm³/mol. The molecule has 31 heteroatoms. The van der Waals surface area contributed by atoms with Crippen molar-refractivity contribution in [3.63, 3.8) is 0 Å². The zero-order chi connectivity index (χ0) is 65.7. The molecule has 2 aromatic heterocycles. The van der Waals surface area contributed by atoms with E-state index in [9.17, 15) is 57.7 Å². The van der Waals surface area contributed by atoms with Gasteiger partial charge in [0.25, 0.3) is 11.8 Å². The molecule has 0 aliphatic carbocycles. The Kier molecular flexibility index (Phi) is 30.3. The summed E-state index contributed by atoms with van der Waals surface area (Å²) in [5.41, 5.74) is 13.9. The summed E-state index contributed by atoms with van der Waals surface area (Å²) in [5.74, 6) is -6.31. The van der Waals surface area contributed by atoms with Gasteiger partial charge in [-0.3, -0.25) is 44.7 Å². The normalized spacial score (nSPS) is 12.3. The Morgan fingerprint density at radius 2 is 1.20 bits per heavy atom. The number of carbonyl (C=O) groups excluding carboxylic acids is 6. The lowest BCUT2D eigenvalue weighted by Crippen LogP contribution is -2.48. The standard InChI is InChI=1S/C29H33ClFN5O6.C22H20ClFN4O5.C7H15BClNO3.H2O/c1-16(2)27(32)29(41)42-15-36-25(12-24(33-36)17(3)37)28(40)34-35(14-26(39)18(4)38)13-19-5-7-20(8-6-19)22-11-21(30)9-10-23(22)31;1-12(29)18-9-19(26-25-18)21(31)27-28(11-20(30)22(32)33)10-13-2-4-14(5-3-13)16-8-15(23)6-7-17(16)24;1-5(2)6(10-8(3)12)7(11)13-4-9;/h5-12,16,26-27,38-39H,4,13-15,32H2,1-3H3,(H,34,40);2-9,20,30H,10-11H2,1H3,(H,25,26)(H,27,31)(H,32,33);5-6,10,12H,4H2,1-3H3;1H2/t26-,27+;20-;6-;/m110./s1. The molecule has 2 amide bonds. The fraction of sp³-hybridized carbons (Fsp3) is 0.328. The van der Waals surface area contributed by atoms with Crippen LogP contribution in [0.4, 0.5) is 8.78 Å². The van der Waals surface area contributed by atoms with E-state index in [1.165, 1.54) is 72.4 Å². The second kappa shape index (κ2) is 35.9. The minimum atomic E-state index is -1.76. The van der Waals surface area contributed by atoms with Crippen LogP contribution in [0, 0.1) is 23.5 Å². The molecule has 4 aromatic carbocycles. The number of nitrogens with two attached hydrogens (primary N) is 1. The largest absolute Gasteiger partial charge is 0.510 e. The second-order valence-corrected chi connectivity index (χ2v) is 21.4. The minimum Gasteiger partial charge on any atom is -0.510 e. The van der Waals surface area contributed by atoms with E-state index < -0.39 is 97.5 Å². The van der Waals surface area contributed by atoms with Crippen molar-refractivity contribution >= 4 is 83.1 Å². The van der Waals surface area contributed by atoms with Crippen LogP contribution >= 0.6 is 34.8 Å². The van der Waals surface area contributed by atoms with E-state index in [1.54, 1.807) is 69.2 Å². The number of ketones is 2. The van der Waals surface area contributed by atoms with Gasteiger partial charge in [-0.05, 0) is 83.4 Å². The van der Waals surface area contributed by atoms with Gasteiger partial charge in [-0.1, -0.05) is 118 Å². The van der Waals surface area contributed by atoms with Gasteiger partial charge in [-0.2, -0.15) is 10.2 Å². The van der Waals surface area contributed by atoms with E-state index in [4.69, 9.17) is 55.4 Å². The molecule has 0 saturated heterocycles. The Hall–Kier alpha value is -8.00. The topological polar surface area (TPSA) is 386 Å². The molecule has 6 aromatic rings. The van der Waals surface area contributed by atoms with Crippen LogP contribution < -0.4 is 21.8 Å². The van der Waals surface area contributed by atoms with E-state index in [2.05, 4.69) is 42.7 Å². The van der Waals surface area contributed by atoms with Crippen LogP contribution in [0.1, 0.15) is 94.6 Å². The molecule has 0 bridgehead atoms. The van der Waals surface area contributed by atoms with Crippen molar-refractivity contribution in [3.8, 4) is 22.3 Å². The van der Waals surface area contributed by atoms with Crippen molar-refractivity contribution < 1.29 is 82.7 Å². The fourth-order valence-electron chi connectivity index (χ4n) is 7.68. The Balaban J connectivity index is 0.000000391. The SMILES string of the molecule is C=C(O)[C@H](O)CN(Cc1ccc(-c2cc(Cl)ccc2F)cc1)NC(=O)c1cc(C(C)=O)nn1COC(=O)[C@@H](N)C(C)C.CB(O)N[C@H](C(=O)OCCl)C(C)C.CC(=O)c1cc(C(=O)NN(Cc2ccc(-c3cc(Cl)ccc3F)cc2)C[C@@H](O)C(=O)O)[nH]n1.O. The van der Waals surface area contributed by atoms with Gasteiger partial charge in [-0.15, -0.1) is 0 Å². The summed E-state index contributed by atoms with van der Waals surface area (Å²) in [6, 6.07) is 22.8. The van der Waals surface area contributed by atoms with Crippen molar-refractivity contribution in [1.82, 2.24) is 46.1 Å². The van der Waals surface area contributed by atoms with Gasteiger partial charge < -0.3 is 51.4 Å². The average molecular weight is 1300 g/mol. The van der Waals surface area contributed by atoms with Gasteiger partial charge in [0.2, 0.25) is 0 Å². The number of Topliss-reactive ketones (excluding diaryl/α,β-unsaturated/α-hetero) is 2. The van der Waals surface area contributed by atoms with Crippen LogP contribution in [-0.2, 0) is 43.7 Å². The van der Waals surface area contributed by atoms with Gasteiger partial charge >= 0.3 is 25.0 Å². The summed E-state index contributed by atoms with van der Waals surface area (Å²) < 4.78 is 39.3. The number of hydrazine groups is 2. The van der Waals surface area contributed by atoms with E-state index in [0.29, 0.717) is 43.4 Å². The third-order valence-electron chi connectivity index (χ3n) is 12.5. The number of aliphatic hydroxyl groups excluding tert-OH is 3. The third-order valence-corrected chi connectivity index (χ3v) is 13.1. The number of benzene rings is 4. The van der Waals surface area contributed by atoms with Crippen LogP contribution in [-0.4, -0.2) is 153 Å². The first kappa shape index (κ1) is 75.3. The first-order valence-corrected chi connectivity index (χ1v) is 28.1. The number of alkyl halides is 1. The number of carbonyl (C=O) groups is 7. The molecule has 0 unspecified atom stereocenters. The van der Waals surface area contributed by atoms with Gasteiger partial charge in [0.15, 0.2) is 30.5 Å². The summed E-state index contributed by atoms with van der Waals surface area (Å²) in [6.07, 6.45) is -3.18. The van der Waals surface area contributed by atoms with E-state index in [1.807, 2.05) is 13.8 Å². The smallest absolute Gasteiger partial charge is 0.374 e. The van der Waals surface area contributed by atoms with Crippen LogP contribution in [0.5, 0.6) is 0 Å². The van der Waals surface area contributed by atoms with Crippen molar-refractivity contribution in [2.75, 3.05) is 19.2 Å². The number of rotatable bonds is 27. The molecule has 0 radical (unpaired) electrons. The van der Waals surface area contributed by atoms with E-state index in [-0.39, 0.29) is 71.6 Å². The summed E-state index contributed by atoms with van der Waals surface area (Å²) in [5, 5.41) is 64.0. The fourth-order valence-corrected chi connectivity index (χ4v) is 8.13. The Morgan fingerprint density at radius 1 is 0.719 bits per heavy atom. The minimum absolute atomic E-state index is 0. The molecule has 480 valence electrons. The zero-order valence-corrected chi connectivity index (χ0v) is 51.6. The number of amides is 2. The average Bonchev–Trinajstić information content (AvgIpc) is 4.39. The number of hydrogen-bond acceptors (Lipinski definition) is 19. The number of nitrogens with zero attached hydrogens (tertiary/aromatic N) is 5. The number of aliphatic hydroxyl groups is 3. The number of aliphatic carboxylic acids is 1. The van der Waals surface area contributed by atoms with Gasteiger partial charge in [-0.25, -0.2) is 28.3 Å². The highest BCUT2D eigenvalue weighted by Crippen LogP contribution is 2.28. The molecule has 2 heterocycles. The summed E-state index contributed by atoms with van der Waals surface area (Å²) in [7, 11) is -0.740. The molecule has 0 aliphatic rings. The first-order chi connectivity index (χ1) is 41.4. The summed E-state index contributed by atoms with van der Waals surface area (Å²) >= 11 is 17.2. The number of hydrogen-bond donors (Lipinski definition) is 10. The third kappa shape index (κ3) is 23.8. The molecule has 0 fully saturated rings. The summed E-state index contributed by atoms with van der Waals surface area (Å²) in [6.45, 7) is 13.6. The number of ether oxygens (including phenoxy) is 2. The Bertz CT molecular complexity index is 3400. The zero-order valence-electron chi connectivity index (χ0n) is 49.3. The number of aromatic amines is 1. The molecule has 0 spiro atoms. The highest BCUT2D eigenvalue weighted by molar-refractivity contribution is 6.46. The molecule has 4 atom stereocenters. The number of aromatic nitrogens is 4. The second-order valence-electron chi connectivity index (χ2n) is 20.3. The molecule has 25 nitrogen and oxygen atoms in total. The van der Waals surface area contributed by atoms with Crippen molar-refractivity contribution in [3.05, 3.63) is 165 Å². The molecule has 89 heavy (non-hydrogen) atoms. The van der Waals surface area contributed by atoms with Gasteiger partial charge in [0.05, 0.1) is 13.1 Å². The highest BCUT2D eigenvalue weighted by atomic mass is 35.5. The number of H-pyrrole nitrogens is 1. The predicted octanol–water partition coefficient (Wildman–Crippen LogP) is 5.90. The quantitative estimate of drug-likeness (QED) is 0.00716. The molecule has 13 N–H and O–H groups in total. The van der Waals surface area contributed by atoms with Crippen LogP contribution in [0.2, 0.25) is 16.9 Å². The van der Waals surface area contributed by atoms with Crippen molar-refractivity contribution in [2.24, 2.45) is 17.6 Å².